The number of methoxy groups -OCH3 is 1. The van der Waals surface area contributed by atoms with Crippen molar-refractivity contribution in [1.29, 1.82) is 0 Å². The predicted octanol–water partition coefficient (Wildman–Crippen LogP) is 4.30. The molecule has 0 bridgehead atoms. The highest BCUT2D eigenvalue weighted by Gasteiger charge is 2.28. The molecule has 0 aliphatic carbocycles. The molecule has 0 unspecified atom stereocenters. The Morgan fingerprint density at radius 2 is 1.75 bits per heavy atom. The molecule has 3 amide bonds. The average molecular weight is 859 g/mol. The van der Waals surface area contributed by atoms with Crippen LogP contribution < -0.4 is 31.5 Å². The molecule has 5 heterocycles. The van der Waals surface area contributed by atoms with E-state index < -0.39 is 17.9 Å². The normalized spacial score (nSPS) is 14.1. The Morgan fingerprint density at radius 3 is 2.44 bits per heavy atom. The van der Waals surface area contributed by atoms with Gasteiger partial charge in [0.05, 0.1) is 18.2 Å². The second-order valence-electron chi connectivity index (χ2n) is 15.2. The standard InChI is InChI=1S/C43H46N12O8/c1-5-45-40(59)38-52-51-37(30-18-29(23(2)3)31(56)19-32(30)57)55(38)26-8-6-24(7-9-26)22-62-43(60)53-15-12-27(13-16-53)63-33-11-10-28-34(35(33)61-4)49-42(54-17-14-46-36(28)54)50-39(58)25-20-47-41(44)48-21-25/h6-11,18-21,23,27,46,56-57H,5,12-17,22H2,1-4H3,(H,45,59)(H2,44,47,48). The summed E-state index contributed by atoms with van der Waals surface area (Å²) in [7, 11) is 1.53. The lowest BCUT2D eigenvalue weighted by molar-refractivity contribution is 0.0630. The number of nitrogens with one attached hydrogen (secondary N) is 2. The topological polar surface area (TPSA) is 259 Å². The van der Waals surface area contributed by atoms with Gasteiger partial charge in [-0.25, -0.2) is 19.7 Å². The number of phenols is 2. The molecule has 8 rings (SSSR count). The molecule has 3 aromatic carbocycles. The number of aromatic nitrogens is 7. The maximum Gasteiger partial charge on any atom is 0.410 e. The summed E-state index contributed by atoms with van der Waals surface area (Å²) in [5.41, 5.74) is 8.52. The molecule has 0 atom stereocenters. The van der Waals surface area contributed by atoms with Gasteiger partial charge in [0, 0.05) is 75.1 Å². The van der Waals surface area contributed by atoms with Crippen LogP contribution in [0, 0.1) is 0 Å². The lowest BCUT2D eigenvalue weighted by Crippen LogP contribution is -2.42. The second kappa shape index (κ2) is 17.7. The Balaban J connectivity index is 0.929. The minimum Gasteiger partial charge on any atom is -0.508 e. The van der Waals surface area contributed by atoms with Crippen LogP contribution in [0.25, 0.3) is 28.0 Å². The Hall–Kier alpha value is -7.77. The van der Waals surface area contributed by atoms with Gasteiger partial charge < -0.3 is 45.7 Å². The van der Waals surface area contributed by atoms with Crippen molar-refractivity contribution >= 4 is 40.6 Å². The molecule has 2 aliphatic rings. The largest absolute Gasteiger partial charge is 0.508 e. The summed E-state index contributed by atoms with van der Waals surface area (Å²) in [6.45, 7) is 7.94. The third kappa shape index (κ3) is 8.46. The molecular formula is C43H46N12O8. The summed E-state index contributed by atoms with van der Waals surface area (Å²) in [6, 6.07) is 13.6. The third-order valence-corrected chi connectivity index (χ3v) is 10.8. The number of nitrogens with two attached hydrogens (primary N) is 1. The Morgan fingerprint density at radius 1 is 1.00 bits per heavy atom. The Kier molecular flexibility index (Phi) is 11.8. The van der Waals surface area contributed by atoms with Gasteiger partial charge in [-0.1, -0.05) is 26.0 Å². The molecule has 3 aromatic heterocycles. The van der Waals surface area contributed by atoms with Crippen molar-refractivity contribution < 1.29 is 38.8 Å². The number of anilines is 2. The molecule has 0 spiro atoms. The van der Waals surface area contributed by atoms with Crippen molar-refractivity contribution in [1.82, 2.24) is 44.5 Å². The molecule has 63 heavy (non-hydrogen) atoms. The molecule has 2 aliphatic heterocycles. The monoisotopic (exact) mass is 858 g/mol. The van der Waals surface area contributed by atoms with Gasteiger partial charge in [0.1, 0.15) is 35.5 Å². The summed E-state index contributed by atoms with van der Waals surface area (Å²) in [4.78, 5) is 57.8. The number of hydrogen-bond donors (Lipinski definition) is 5. The van der Waals surface area contributed by atoms with Crippen LogP contribution >= 0.6 is 0 Å². The van der Waals surface area contributed by atoms with Crippen molar-refractivity contribution in [3.63, 3.8) is 0 Å². The van der Waals surface area contributed by atoms with Crippen LogP contribution in [0.3, 0.4) is 0 Å². The number of fused-ring (bicyclic) bond motifs is 3. The molecule has 1 fully saturated rings. The molecule has 6 aromatic rings. The quantitative estimate of drug-likeness (QED) is 0.122. The van der Waals surface area contributed by atoms with Crippen LogP contribution in [-0.4, -0.2) is 107 Å². The first-order chi connectivity index (χ1) is 30.4. The maximum absolute atomic E-state index is 13.2. The zero-order valence-electron chi connectivity index (χ0n) is 35.0. The number of carbonyl (C=O) groups is 3. The molecule has 20 heteroatoms. The van der Waals surface area contributed by atoms with Gasteiger partial charge in [-0.05, 0) is 54.3 Å². The number of likely N-dealkylation sites (tertiary alicyclic amines) is 1. The van der Waals surface area contributed by atoms with Gasteiger partial charge in [0.25, 0.3) is 11.8 Å². The number of aromatic hydroxyl groups is 2. The van der Waals surface area contributed by atoms with Gasteiger partial charge in [-0.15, -0.1) is 10.2 Å². The smallest absolute Gasteiger partial charge is 0.410 e. The van der Waals surface area contributed by atoms with Gasteiger partial charge in [0.2, 0.25) is 17.4 Å². The van der Waals surface area contributed by atoms with Crippen molar-refractivity contribution in [3.8, 4) is 40.1 Å². The van der Waals surface area contributed by atoms with Gasteiger partial charge in [-0.2, -0.15) is 4.99 Å². The van der Waals surface area contributed by atoms with Crippen LogP contribution in [0.2, 0.25) is 0 Å². The van der Waals surface area contributed by atoms with E-state index in [4.69, 9.17) is 24.9 Å². The van der Waals surface area contributed by atoms with Gasteiger partial charge in [-0.3, -0.25) is 18.7 Å². The highest BCUT2D eigenvalue weighted by molar-refractivity contribution is 5.97. The van der Waals surface area contributed by atoms with Crippen molar-refractivity contribution in [3.05, 3.63) is 89.1 Å². The maximum atomic E-state index is 13.2. The minimum atomic E-state index is -0.571. The summed E-state index contributed by atoms with van der Waals surface area (Å²) >= 11 is 0. The predicted molar refractivity (Wildman–Crippen MR) is 229 cm³/mol. The number of nitrogen functional groups attached to an aromatic ring is 1. The van der Waals surface area contributed by atoms with Crippen LogP contribution in [0.15, 0.2) is 65.9 Å². The summed E-state index contributed by atoms with van der Waals surface area (Å²) < 4.78 is 21.4. The van der Waals surface area contributed by atoms with E-state index in [-0.39, 0.29) is 58.9 Å². The highest BCUT2D eigenvalue weighted by atomic mass is 16.6. The molecule has 326 valence electrons. The number of phenolic OH excluding ortho intramolecular Hbond substituents is 2. The van der Waals surface area contributed by atoms with E-state index in [1.165, 1.54) is 30.1 Å². The summed E-state index contributed by atoms with van der Waals surface area (Å²) in [5, 5.41) is 36.6. The lowest BCUT2D eigenvalue weighted by Gasteiger charge is -2.31. The van der Waals surface area contributed by atoms with Crippen LogP contribution in [-0.2, 0) is 17.9 Å². The first-order valence-corrected chi connectivity index (χ1v) is 20.4. The van der Waals surface area contributed by atoms with E-state index in [9.17, 15) is 24.6 Å². The number of carbonyl (C=O) groups excluding carboxylic acids is 3. The highest BCUT2D eigenvalue weighted by Crippen LogP contribution is 2.40. The zero-order chi connectivity index (χ0) is 44.4. The van der Waals surface area contributed by atoms with Gasteiger partial charge >= 0.3 is 6.09 Å². The van der Waals surface area contributed by atoms with Crippen molar-refractivity contribution in [2.45, 2.75) is 58.8 Å². The summed E-state index contributed by atoms with van der Waals surface area (Å²) in [5.74, 6) is 0.497. The van der Waals surface area contributed by atoms with Crippen LogP contribution in [0.1, 0.15) is 71.6 Å². The third-order valence-electron chi connectivity index (χ3n) is 10.8. The van der Waals surface area contributed by atoms with Crippen molar-refractivity contribution in [2.24, 2.45) is 4.99 Å². The number of nitrogens with zero attached hydrogens (tertiary/aromatic N) is 9. The lowest BCUT2D eigenvalue weighted by atomic mass is 9.98. The van der Waals surface area contributed by atoms with Crippen LogP contribution in [0.4, 0.5) is 16.6 Å². The molecular weight excluding hydrogens is 813 g/mol. The first kappa shape index (κ1) is 41.9. The van der Waals surface area contributed by atoms with E-state index in [0.29, 0.717) is 85.0 Å². The number of benzene rings is 3. The van der Waals surface area contributed by atoms with Crippen LogP contribution in [0.5, 0.6) is 23.0 Å². The Bertz CT molecular complexity index is 2780. The molecule has 0 saturated carbocycles. The number of ether oxygens (including phenoxy) is 3. The fraction of sp³-hybridized carbons (Fsp3) is 0.326. The SMILES string of the molecule is CCNC(=O)c1nnc(-c2cc(C(C)C)c(O)cc2O)n1-c1ccc(COC(=O)N2CCC(Oc3ccc4c5n(c(=NC(=O)c6cnc(N)nc6)nc4c3OC)CCN5)CC2)cc1. The fourth-order valence-electron chi connectivity index (χ4n) is 7.57. The van der Waals surface area contributed by atoms with E-state index in [1.807, 2.05) is 30.5 Å². The summed E-state index contributed by atoms with van der Waals surface area (Å²) in [6.07, 6.45) is 2.99. The number of amides is 3. The molecule has 0 radical (unpaired) electrons. The first-order valence-electron chi connectivity index (χ1n) is 20.4. The minimum absolute atomic E-state index is 0.00395. The molecule has 1 saturated heterocycles. The second-order valence-corrected chi connectivity index (χ2v) is 15.2. The average Bonchev–Trinajstić information content (AvgIpc) is 3.95. The fourth-order valence-corrected chi connectivity index (χ4v) is 7.57. The zero-order valence-corrected chi connectivity index (χ0v) is 35.0. The number of hydrogen-bond acceptors (Lipinski definition) is 15. The van der Waals surface area contributed by atoms with E-state index in [2.05, 4.69) is 35.8 Å². The molecule has 20 nitrogen and oxygen atoms in total. The number of rotatable bonds is 11. The molecule has 6 N–H and O–H groups in total. The Labute approximate surface area is 360 Å². The van der Waals surface area contributed by atoms with E-state index in [0.717, 1.165) is 11.2 Å². The van der Waals surface area contributed by atoms with Gasteiger partial charge in [0.15, 0.2) is 17.3 Å². The van der Waals surface area contributed by atoms with E-state index in [1.54, 1.807) is 42.2 Å². The van der Waals surface area contributed by atoms with E-state index >= 15 is 0 Å². The number of piperidine rings is 1. The van der Waals surface area contributed by atoms with Crippen molar-refractivity contribution in [2.75, 3.05) is 44.3 Å².